The van der Waals surface area contributed by atoms with Gasteiger partial charge in [-0.05, 0) is 37.1 Å². The van der Waals surface area contributed by atoms with Gasteiger partial charge in [0.1, 0.15) is 0 Å². The van der Waals surface area contributed by atoms with Gasteiger partial charge in [0.15, 0.2) is 5.96 Å². The minimum Gasteiger partial charge on any atom is -0.382 e. The van der Waals surface area contributed by atoms with Crippen LogP contribution in [-0.4, -0.2) is 64.5 Å². The number of hydrogen-bond donors (Lipinski definition) is 2. The van der Waals surface area contributed by atoms with E-state index in [4.69, 9.17) is 9.47 Å². The molecule has 2 rings (SSSR count). The fraction of sp³-hybridized carbons (Fsp3) is 0.632. The van der Waals surface area contributed by atoms with Gasteiger partial charge in [-0.1, -0.05) is 24.3 Å². The lowest BCUT2D eigenvalue weighted by atomic mass is 10.1. The number of nitrogens with zero attached hydrogens (tertiary/aromatic N) is 2. The average molecular weight is 348 g/mol. The van der Waals surface area contributed by atoms with Crippen molar-refractivity contribution >= 4 is 5.96 Å². The maximum Gasteiger partial charge on any atom is 0.191 e. The van der Waals surface area contributed by atoms with Crippen LogP contribution in [-0.2, 0) is 22.6 Å². The summed E-state index contributed by atoms with van der Waals surface area (Å²) in [5.74, 6) is 0.788. The van der Waals surface area contributed by atoms with Crippen LogP contribution < -0.4 is 10.6 Å². The van der Waals surface area contributed by atoms with Crippen molar-refractivity contribution in [3.8, 4) is 0 Å². The second kappa shape index (κ2) is 11.8. The van der Waals surface area contributed by atoms with E-state index in [-0.39, 0.29) is 0 Å². The highest BCUT2D eigenvalue weighted by atomic mass is 16.5. The molecule has 25 heavy (non-hydrogen) atoms. The predicted octanol–water partition coefficient (Wildman–Crippen LogP) is 1.61. The Morgan fingerprint density at radius 1 is 1.04 bits per heavy atom. The van der Waals surface area contributed by atoms with Crippen LogP contribution in [0.2, 0.25) is 0 Å². The molecule has 1 heterocycles. The lowest BCUT2D eigenvalue weighted by Gasteiger charge is -2.15. The maximum absolute atomic E-state index is 5.43. The molecule has 1 saturated heterocycles. The topological polar surface area (TPSA) is 58.1 Å². The molecule has 0 aromatic heterocycles. The summed E-state index contributed by atoms with van der Waals surface area (Å²) in [5.41, 5.74) is 2.64. The highest BCUT2D eigenvalue weighted by molar-refractivity contribution is 5.79. The quantitative estimate of drug-likeness (QED) is 0.382. The Morgan fingerprint density at radius 3 is 2.44 bits per heavy atom. The Kier molecular flexibility index (Phi) is 9.33. The first-order valence-electron chi connectivity index (χ1n) is 9.13. The van der Waals surface area contributed by atoms with Crippen molar-refractivity contribution in [3.05, 3.63) is 35.4 Å². The third-order valence-corrected chi connectivity index (χ3v) is 4.28. The number of nitrogens with one attached hydrogen (secondary N) is 2. The second-order valence-corrected chi connectivity index (χ2v) is 6.26. The van der Waals surface area contributed by atoms with Gasteiger partial charge in [-0.3, -0.25) is 9.89 Å². The zero-order valence-corrected chi connectivity index (χ0v) is 15.6. The van der Waals surface area contributed by atoms with Crippen LogP contribution >= 0.6 is 0 Å². The Hall–Kier alpha value is -1.63. The van der Waals surface area contributed by atoms with Crippen LogP contribution in [0.4, 0.5) is 0 Å². The standard InChI is InChI=1S/C19H32N4O2/c1-20-19(21-9-12-25-14-13-24-2)22-15-17-5-7-18(8-6-17)16-23-10-3-4-11-23/h5-8H,3-4,9-16H2,1-2H3,(H2,20,21,22). The first kappa shape index (κ1) is 19.7. The summed E-state index contributed by atoms with van der Waals surface area (Å²) in [6.07, 6.45) is 2.68. The number of aliphatic imine (C=N–C) groups is 1. The third kappa shape index (κ3) is 7.86. The van der Waals surface area contributed by atoms with E-state index in [1.807, 2.05) is 0 Å². The number of rotatable bonds is 10. The van der Waals surface area contributed by atoms with E-state index in [2.05, 4.69) is 44.8 Å². The number of ether oxygens (including phenoxy) is 2. The SMILES string of the molecule is CN=C(NCCOCCOC)NCc1ccc(CN2CCCC2)cc1. The molecule has 0 spiro atoms. The average Bonchev–Trinajstić information content (AvgIpc) is 3.15. The van der Waals surface area contributed by atoms with Gasteiger partial charge >= 0.3 is 0 Å². The number of methoxy groups -OCH3 is 1. The minimum absolute atomic E-state index is 0.619. The molecular weight excluding hydrogens is 316 g/mol. The number of guanidine groups is 1. The summed E-state index contributed by atoms with van der Waals surface area (Å²) in [6.45, 7) is 6.90. The monoisotopic (exact) mass is 348 g/mol. The molecule has 1 aliphatic heterocycles. The number of likely N-dealkylation sites (tertiary alicyclic amines) is 1. The summed E-state index contributed by atoms with van der Waals surface area (Å²) in [5, 5.41) is 6.57. The van der Waals surface area contributed by atoms with Gasteiger partial charge in [0, 0.05) is 33.8 Å². The highest BCUT2D eigenvalue weighted by Crippen LogP contribution is 2.13. The molecule has 0 atom stereocenters. The summed E-state index contributed by atoms with van der Waals surface area (Å²) >= 11 is 0. The second-order valence-electron chi connectivity index (χ2n) is 6.26. The van der Waals surface area contributed by atoms with Gasteiger partial charge in [0.05, 0.1) is 19.8 Å². The van der Waals surface area contributed by atoms with Gasteiger partial charge in [0.25, 0.3) is 0 Å². The Balaban J connectivity index is 1.64. The summed E-state index contributed by atoms with van der Waals surface area (Å²) in [7, 11) is 3.45. The number of hydrogen-bond acceptors (Lipinski definition) is 4. The first-order chi connectivity index (χ1) is 12.3. The largest absolute Gasteiger partial charge is 0.382 e. The molecule has 0 radical (unpaired) electrons. The normalized spacial score (nSPS) is 15.5. The molecule has 6 nitrogen and oxygen atoms in total. The van der Waals surface area contributed by atoms with Crippen LogP contribution in [0.25, 0.3) is 0 Å². The molecule has 1 fully saturated rings. The van der Waals surface area contributed by atoms with Crippen LogP contribution in [0.5, 0.6) is 0 Å². The molecule has 6 heteroatoms. The van der Waals surface area contributed by atoms with E-state index in [9.17, 15) is 0 Å². The fourth-order valence-electron chi connectivity index (χ4n) is 2.85. The van der Waals surface area contributed by atoms with Crippen LogP contribution in [0.3, 0.4) is 0 Å². The summed E-state index contributed by atoms with van der Waals surface area (Å²) < 4.78 is 10.4. The summed E-state index contributed by atoms with van der Waals surface area (Å²) in [6, 6.07) is 8.85. The number of benzene rings is 1. The first-order valence-corrected chi connectivity index (χ1v) is 9.13. The molecule has 0 unspecified atom stereocenters. The van der Waals surface area contributed by atoms with Crippen molar-refractivity contribution in [1.82, 2.24) is 15.5 Å². The Labute approximate surface area is 151 Å². The molecule has 1 aromatic carbocycles. The van der Waals surface area contributed by atoms with E-state index >= 15 is 0 Å². The van der Waals surface area contributed by atoms with Crippen molar-refractivity contribution in [3.63, 3.8) is 0 Å². The van der Waals surface area contributed by atoms with Crippen molar-refractivity contribution in [2.45, 2.75) is 25.9 Å². The van der Waals surface area contributed by atoms with E-state index < -0.39 is 0 Å². The molecule has 140 valence electrons. The van der Waals surface area contributed by atoms with Crippen molar-refractivity contribution in [2.24, 2.45) is 4.99 Å². The van der Waals surface area contributed by atoms with Gasteiger partial charge in [-0.2, -0.15) is 0 Å². The molecule has 0 amide bonds. The van der Waals surface area contributed by atoms with E-state index in [1.165, 1.54) is 37.1 Å². The van der Waals surface area contributed by atoms with E-state index in [0.29, 0.717) is 19.8 Å². The van der Waals surface area contributed by atoms with E-state index in [1.54, 1.807) is 14.2 Å². The smallest absolute Gasteiger partial charge is 0.191 e. The van der Waals surface area contributed by atoms with Crippen LogP contribution in [0, 0.1) is 0 Å². The zero-order chi connectivity index (χ0) is 17.7. The molecule has 1 aromatic rings. The van der Waals surface area contributed by atoms with Gasteiger partial charge in [-0.15, -0.1) is 0 Å². The Bertz CT molecular complexity index is 499. The third-order valence-electron chi connectivity index (χ3n) is 4.28. The molecule has 0 aliphatic carbocycles. The van der Waals surface area contributed by atoms with Gasteiger partial charge in [-0.25, -0.2) is 0 Å². The minimum atomic E-state index is 0.619. The molecular formula is C19H32N4O2. The Morgan fingerprint density at radius 2 is 1.76 bits per heavy atom. The van der Waals surface area contributed by atoms with Crippen molar-refractivity contribution in [2.75, 3.05) is 53.6 Å². The van der Waals surface area contributed by atoms with E-state index in [0.717, 1.165) is 25.6 Å². The van der Waals surface area contributed by atoms with Crippen molar-refractivity contribution < 1.29 is 9.47 Å². The van der Waals surface area contributed by atoms with Gasteiger partial charge in [0.2, 0.25) is 0 Å². The van der Waals surface area contributed by atoms with Crippen LogP contribution in [0.15, 0.2) is 29.3 Å². The molecule has 0 bridgehead atoms. The summed E-state index contributed by atoms with van der Waals surface area (Å²) in [4.78, 5) is 6.75. The highest BCUT2D eigenvalue weighted by Gasteiger charge is 2.11. The zero-order valence-electron chi connectivity index (χ0n) is 15.6. The van der Waals surface area contributed by atoms with Crippen LogP contribution in [0.1, 0.15) is 24.0 Å². The lowest BCUT2D eigenvalue weighted by Crippen LogP contribution is -2.38. The maximum atomic E-state index is 5.43. The molecule has 1 aliphatic rings. The predicted molar refractivity (Wildman–Crippen MR) is 102 cm³/mol. The molecule has 2 N–H and O–H groups in total. The van der Waals surface area contributed by atoms with Crippen molar-refractivity contribution in [1.29, 1.82) is 0 Å². The lowest BCUT2D eigenvalue weighted by molar-refractivity contribution is 0.0733. The molecule has 0 saturated carbocycles. The van der Waals surface area contributed by atoms with Gasteiger partial charge < -0.3 is 20.1 Å². The fourth-order valence-corrected chi connectivity index (χ4v) is 2.85.